The van der Waals surface area contributed by atoms with Crippen molar-refractivity contribution in [3.63, 3.8) is 0 Å². The molecule has 18 heavy (non-hydrogen) atoms. The number of esters is 1. The average Bonchev–Trinajstić information content (AvgIpc) is 2.42. The number of ether oxygens (including phenoxy) is 1. The summed E-state index contributed by atoms with van der Waals surface area (Å²) in [5.74, 6) is 0.0981. The number of hydrogen-bond acceptors (Lipinski definition) is 4. The van der Waals surface area contributed by atoms with Crippen LogP contribution in [0.2, 0.25) is 0 Å². The minimum Gasteiger partial charge on any atom is -0.469 e. The topological polar surface area (TPSA) is 49.9 Å². The van der Waals surface area contributed by atoms with E-state index < -0.39 is 0 Å². The van der Waals surface area contributed by atoms with E-state index in [1.165, 1.54) is 7.11 Å². The molecule has 1 saturated heterocycles. The van der Waals surface area contributed by atoms with Gasteiger partial charge in [0.2, 0.25) is 5.91 Å². The van der Waals surface area contributed by atoms with E-state index >= 15 is 0 Å². The van der Waals surface area contributed by atoms with Crippen LogP contribution < -0.4 is 0 Å². The van der Waals surface area contributed by atoms with Gasteiger partial charge in [-0.15, -0.1) is 0 Å². The van der Waals surface area contributed by atoms with Gasteiger partial charge in [-0.1, -0.05) is 13.3 Å². The van der Waals surface area contributed by atoms with Gasteiger partial charge in [-0.25, -0.2) is 0 Å². The fourth-order valence-electron chi connectivity index (χ4n) is 2.06. The van der Waals surface area contributed by atoms with Crippen LogP contribution in [0.4, 0.5) is 0 Å². The number of carbonyl (C=O) groups excluding carboxylic acids is 2. The highest BCUT2D eigenvalue weighted by Crippen LogP contribution is 2.06. The molecule has 104 valence electrons. The van der Waals surface area contributed by atoms with E-state index in [0.717, 1.165) is 45.6 Å². The number of nitrogens with zero attached hydrogens (tertiary/aromatic N) is 2. The molecule has 1 aliphatic rings. The van der Waals surface area contributed by atoms with E-state index in [1.807, 2.05) is 4.90 Å². The zero-order valence-electron chi connectivity index (χ0n) is 11.5. The molecule has 5 nitrogen and oxygen atoms in total. The lowest BCUT2D eigenvalue weighted by molar-refractivity contribution is -0.141. The van der Waals surface area contributed by atoms with Gasteiger partial charge in [0.25, 0.3) is 0 Å². The Morgan fingerprint density at radius 3 is 2.33 bits per heavy atom. The second kappa shape index (κ2) is 8.08. The molecule has 0 aromatic heterocycles. The highest BCUT2D eigenvalue weighted by molar-refractivity contribution is 5.76. The van der Waals surface area contributed by atoms with Crippen LogP contribution in [-0.2, 0) is 14.3 Å². The highest BCUT2D eigenvalue weighted by Gasteiger charge is 2.20. The Bertz CT molecular complexity index is 273. The molecule has 0 spiro atoms. The summed E-state index contributed by atoms with van der Waals surface area (Å²) in [4.78, 5) is 27.0. The molecule has 0 bridgehead atoms. The predicted molar refractivity (Wildman–Crippen MR) is 69.2 cm³/mol. The fourth-order valence-corrected chi connectivity index (χ4v) is 2.06. The number of unbranched alkanes of at least 4 members (excludes halogenated alkanes) is 1. The zero-order chi connectivity index (χ0) is 13.4. The molecule has 0 aliphatic carbocycles. The standard InChI is InChI=1S/C13H24N2O3/c1-3-4-5-12(16)15-10-8-14(9-11-15)7-6-13(17)18-2/h3-11H2,1-2H3. The van der Waals surface area contributed by atoms with Gasteiger partial charge in [0.05, 0.1) is 13.5 Å². The third kappa shape index (κ3) is 5.04. The predicted octanol–water partition coefficient (Wildman–Crippen LogP) is 0.884. The van der Waals surface area contributed by atoms with Crippen LogP contribution in [0.25, 0.3) is 0 Å². The van der Waals surface area contributed by atoms with Crippen LogP contribution in [0.1, 0.15) is 32.6 Å². The molecule has 1 aliphatic heterocycles. The van der Waals surface area contributed by atoms with Gasteiger partial charge in [-0.05, 0) is 6.42 Å². The van der Waals surface area contributed by atoms with Crippen LogP contribution in [0, 0.1) is 0 Å². The van der Waals surface area contributed by atoms with Crippen LogP contribution in [0.5, 0.6) is 0 Å². The van der Waals surface area contributed by atoms with Gasteiger partial charge < -0.3 is 9.64 Å². The molecule has 0 radical (unpaired) electrons. The quantitative estimate of drug-likeness (QED) is 0.662. The second-order valence-electron chi connectivity index (χ2n) is 4.65. The van der Waals surface area contributed by atoms with Crippen molar-refractivity contribution in [1.29, 1.82) is 0 Å². The van der Waals surface area contributed by atoms with Gasteiger partial charge in [-0.3, -0.25) is 14.5 Å². The summed E-state index contributed by atoms with van der Waals surface area (Å²) in [5, 5.41) is 0. The molecule has 0 aromatic carbocycles. The van der Waals surface area contributed by atoms with E-state index in [9.17, 15) is 9.59 Å². The monoisotopic (exact) mass is 256 g/mol. The van der Waals surface area contributed by atoms with Crippen LogP contribution in [0.3, 0.4) is 0 Å². The van der Waals surface area contributed by atoms with Crippen molar-refractivity contribution >= 4 is 11.9 Å². The zero-order valence-corrected chi connectivity index (χ0v) is 11.5. The van der Waals surface area contributed by atoms with E-state index in [0.29, 0.717) is 12.8 Å². The molecular weight excluding hydrogens is 232 g/mol. The van der Waals surface area contributed by atoms with Crippen LogP contribution in [-0.4, -0.2) is 61.5 Å². The van der Waals surface area contributed by atoms with Gasteiger partial charge in [0.1, 0.15) is 0 Å². The first kappa shape index (κ1) is 15.0. The van der Waals surface area contributed by atoms with E-state index in [2.05, 4.69) is 16.6 Å². The van der Waals surface area contributed by atoms with E-state index in [4.69, 9.17) is 0 Å². The molecular formula is C13H24N2O3. The molecule has 5 heteroatoms. The number of amides is 1. The molecule has 0 saturated carbocycles. The van der Waals surface area contributed by atoms with Crippen molar-refractivity contribution in [3.05, 3.63) is 0 Å². The van der Waals surface area contributed by atoms with Crippen molar-refractivity contribution in [2.24, 2.45) is 0 Å². The van der Waals surface area contributed by atoms with Crippen LogP contribution >= 0.6 is 0 Å². The lowest BCUT2D eigenvalue weighted by Gasteiger charge is -2.34. The Labute approximate surface area is 109 Å². The number of methoxy groups -OCH3 is 1. The molecule has 0 N–H and O–H groups in total. The minimum absolute atomic E-state index is 0.170. The largest absolute Gasteiger partial charge is 0.469 e. The SMILES string of the molecule is CCCCC(=O)N1CCN(CCC(=O)OC)CC1. The summed E-state index contributed by atoms with van der Waals surface area (Å²) in [7, 11) is 1.41. The summed E-state index contributed by atoms with van der Waals surface area (Å²) in [6.07, 6.45) is 3.13. The van der Waals surface area contributed by atoms with Crippen molar-refractivity contribution in [1.82, 2.24) is 9.80 Å². The lowest BCUT2D eigenvalue weighted by atomic mass is 10.2. The maximum absolute atomic E-state index is 11.8. The molecule has 1 rings (SSSR count). The molecule has 0 atom stereocenters. The normalized spacial score (nSPS) is 16.7. The molecule has 0 unspecified atom stereocenters. The highest BCUT2D eigenvalue weighted by atomic mass is 16.5. The maximum Gasteiger partial charge on any atom is 0.306 e. The van der Waals surface area contributed by atoms with Gasteiger partial charge in [0, 0.05) is 39.1 Å². The first-order valence-electron chi connectivity index (χ1n) is 6.74. The fraction of sp³-hybridized carbons (Fsp3) is 0.846. The smallest absolute Gasteiger partial charge is 0.306 e. The van der Waals surface area contributed by atoms with Gasteiger partial charge >= 0.3 is 5.97 Å². The minimum atomic E-state index is -0.170. The second-order valence-corrected chi connectivity index (χ2v) is 4.65. The number of piperazine rings is 1. The third-order valence-electron chi connectivity index (χ3n) is 3.33. The van der Waals surface area contributed by atoms with Crippen molar-refractivity contribution in [2.45, 2.75) is 32.6 Å². The Morgan fingerprint density at radius 2 is 1.78 bits per heavy atom. The molecule has 1 heterocycles. The van der Waals surface area contributed by atoms with E-state index in [1.54, 1.807) is 0 Å². The first-order chi connectivity index (χ1) is 8.67. The number of hydrogen-bond donors (Lipinski definition) is 0. The van der Waals surface area contributed by atoms with E-state index in [-0.39, 0.29) is 11.9 Å². The summed E-state index contributed by atoms with van der Waals surface area (Å²) < 4.78 is 4.61. The molecule has 1 amide bonds. The Balaban J connectivity index is 2.20. The lowest BCUT2D eigenvalue weighted by Crippen LogP contribution is -2.49. The average molecular weight is 256 g/mol. The first-order valence-corrected chi connectivity index (χ1v) is 6.74. The summed E-state index contributed by atoms with van der Waals surface area (Å²) in [6.45, 7) is 6.10. The molecule has 1 fully saturated rings. The van der Waals surface area contributed by atoms with Crippen molar-refractivity contribution in [3.8, 4) is 0 Å². The van der Waals surface area contributed by atoms with Crippen LogP contribution in [0.15, 0.2) is 0 Å². The number of rotatable bonds is 6. The number of carbonyl (C=O) groups is 2. The Hall–Kier alpha value is -1.10. The molecule has 0 aromatic rings. The summed E-state index contributed by atoms with van der Waals surface area (Å²) in [5.41, 5.74) is 0. The maximum atomic E-state index is 11.8. The van der Waals surface area contributed by atoms with Crippen molar-refractivity contribution < 1.29 is 14.3 Å². The summed E-state index contributed by atoms with van der Waals surface area (Å²) >= 11 is 0. The third-order valence-corrected chi connectivity index (χ3v) is 3.33. The Kier molecular flexibility index (Phi) is 6.72. The van der Waals surface area contributed by atoms with Gasteiger partial charge in [-0.2, -0.15) is 0 Å². The van der Waals surface area contributed by atoms with Crippen molar-refractivity contribution in [2.75, 3.05) is 39.8 Å². The summed E-state index contributed by atoms with van der Waals surface area (Å²) in [6, 6.07) is 0. The van der Waals surface area contributed by atoms with Gasteiger partial charge in [0.15, 0.2) is 0 Å². The Morgan fingerprint density at radius 1 is 1.11 bits per heavy atom.